The molecule has 1 saturated carbocycles. The highest BCUT2D eigenvalue weighted by Crippen LogP contribution is 2.58. The number of carbonyl (C=O) groups excluding carboxylic acids is 1. The maximum Gasteiger partial charge on any atom is 0.229 e. The third kappa shape index (κ3) is 4.04. The van der Waals surface area contributed by atoms with E-state index in [2.05, 4.69) is 21.3 Å². The first-order valence-corrected chi connectivity index (χ1v) is 12.4. The van der Waals surface area contributed by atoms with Gasteiger partial charge in [0, 0.05) is 34.5 Å². The Kier molecular flexibility index (Phi) is 5.58. The number of hydrogen-bond donors (Lipinski definition) is 2. The van der Waals surface area contributed by atoms with Gasteiger partial charge in [0.15, 0.2) is 0 Å². The number of piperidine rings is 1. The number of aromatic nitrogens is 1. The van der Waals surface area contributed by atoms with Gasteiger partial charge in [-0.1, -0.05) is 11.6 Å². The molecule has 4 heterocycles. The van der Waals surface area contributed by atoms with E-state index in [0.29, 0.717) is 31.6 Å². The number of fused-ring (bicyclic) bond motifs is 1. The van der Waals surface area contributed by atoms with E-state index in [9.17, 15) is 9.90 Å². The van der Waals surface area contributed by atoms with Crippen LogP contribution in [0.3, 0.4) is 0 Å². The summed E-state index contributed by atoms with van der Waals surface area (Å²) in [6, 6.07) is 6.20. The van der Waals surface area contributed by atoms with Crippen molar-refractivity contribution in [2.24, 2.45) is 11.3 Å². The van der Waals surface area contributed by atoms with Crippen molar-refractivity contribution >= 4 is 34.1 Å². The van der Waals surface area contributed by atoms with Crippen LogP contribution in [0.1, 0.15) is 37.2 Å². The van der Waals surface area contributed by atoms with E-state index in [1.165, 1.54) is 0 Å². The molecule has 1 aromatic carbocycles. The van der Waals surface area contributed by atoms with E-state index in [4.69, 9.17) is 21.1 Å². The Morgan fingerprint density at radius 2 is 2.03 bits per heavy atom. The molecular formula is C25H30ClN3O4. The summed E-state index contributed by atoms with van der Waals surface area (Å²) >= 11 is 6.68. The first-order chi connectivity index (χ1) is 16.0. The Hall–Kier alpha value is -1.77. The standard InChI is InChI=1S/C25H30ClN3O4/c26-20-8-17-11-27-23(28-24(31)19-10-25(19)3-6-32-14-25)9-16(17)7-18(20)15-1-4-29(5-2-15)21-12-33-13-22(21)30/h7-9,11,15,19,21-22,30H,1-6,10,12-14H2,(H,27,28,31)/t19-,21+,22-,25?/m0/s1. The first-order valence-electron chi connectivity index (χ1n) is 12.0. The number of benzene rings is 1. The van der Waals surface area contributed by atoms with Crippen molar-refractivity contribution in [1.29, 1.82) is 0 Å². The van der Waals surface area contributed by atoms with Crippen LogP contribution in [0.5, 0.6) is 0 Å². The number of likely N-dealkylation sites (tertiary alicyclic amines) is 1. The molecule has 3 aliphatic heterocycles. The number of aliphatic hydroxyl groups excluding tert-OH is 1. The summed E-state index contributed by atoms with van der Waals surface area (Å²) < 4.78 is 10.9. The molecule has 0 radical (unpaired) electrons. The number of rotatable bonds is 4. The summed E-state index contributed by atoms with van der Waals surface area (Å²) in [5.41, 5.74) is 1.22. The molecule has 176 valence electrons. The van der Waals surface area contributed by atoms with Crippen molar-refractivity contribution in [3.8, 4) is 0 Å². The number of anilines is 1. The Morgan fingerprint density at radius 1 is 1.18 bits per heavy atom. The van der Waals surface area contributed by atoms with Gasteiger partial charge < -0.3 is 19.9 Å². The second-order valence-corrected chi connectivity index (χ2v) is 10.6. The van der Waals surface area contributed by atoms with Gasteiger partial charge in [-0.25, -0.2) is 4.98 Å². The fourth-order valence-corrected chi connectivity index (χ4v) is 6.30. The predicted molar refractivity (Wildman–Crippen MR) is 126 cm³/mol. The number of pyridine rings is 1. The molecule has 2 aromatic rings. The average molecular weight is 472 g/mol. The molecule has 1 aliphatic carbocycles. The van der Waals surface area contributed by atoms with Crippen molar-refractivity contribution in [3.05, 3.63) is 35.0 Å². The van der Waals surface area contributed by atoms with E-state index in [0.717, 1.165) is 66.7 Å². The number of nitrogens with zero attached hydrogens (tertiary/aromatic N) is 2. The molecule has 1 unspecified atom stereocenters. The molecule has 2 N–H and O–H groups in total. The number of hydrogen-bond acceptors (Lipinski definition) is 6. The zero-order chi connectivity index (χ0) is 22.6. The van der Waals surface area contributed by atoms with Crippen LogP contribution in [0, 0.1) is 11.3 Å². The molecule has 4 atom stereocenters. The van der Waals surface area contributed by atoms with Gasteiger partial charge in [-0.05, 0) is 73.8 Å². The second kappa shape index (κ2) is 8.47. The molecule has 1 amide bonds. The highest BCUT2D eigenvalue weighted by atomic mass is 35.5. The molecule has 1 aromatic heterocycles. The molecular weight excluding hydrogens is 442 g/mol. The van der Waals surface area contributed by atoms with Gasteiger partial charge in [0.2, 0.25) is 5.91 Å². The third-order valence-corrected chi connectivity index (χ3v) is 8.52. The SMILES string of the molecule is O=C(Nc1cc2cc(C3CCN([C@@H]4COC[C@@H]4O)CC3)c(Cl)cc2cn1)[C@@H]1CC12CCOC2. The van der Waals surface area contributed by atoms with Crippen LogP contribution in [0.25, 0.3) is 10.8 Å². The zero-order valence-corrected chi connectivity index (χ0v) is 19.4. The van der Waals surface area contributed by atoms with Crippen molar-refractivity contribution in [2.45, 2.75) is 43.7 Å². The van der Waals surface area contributed by atoms with Crippen molar-refractivity contribution < 1.29 is 19.4 Å². The number of amides is 1. The zero-order valence-electron chi connectivity index (χ0n) is 18.6. The number of carbonyl (C=O) groups is 1. The number of aliphatic hydroxyl groups is 1. The maximum absolute atomic E-state index is 12.7. The van der Waals surface area contributed by atoms with Gasteiger partial charge in [-0.3, -0.25) is 9.69 Å². The van der Waals surface area contributed by atoms with Gasteiger partial charge >= 0.3 is 0 Å². The Bertz CT molecular complexity index is 1070. The summed E-state index contributed by atoms with van der Waals surface area (Å²) in [6.07, 6.45) is 5.27. The maximum atomic E-state index is 12.7. The lowest BCUT2D eigenvalue weighted by molar-refractivity contribution is -0.118. The molecule has 6 rings (SSSR count). The lowest BCUT2D eigenvalue weighted by Gasteiger charge is -2.36. The smallest absolute Gasteiger partial charge is 0.229 e. The van der Waals surface area contributed by atoms with Crippen molar-refractivity contribution in [2.75, 3.05) is 44.8 Å². The van der Waals surface area contributed by atoms with Crippen LogP contribution in [0.4, 0.5) is 5.82 Å². The van der Waals surface area contributed by atoms with Crippen molar-refractivity contribution in [1.82, 2.24) is 9.88 Å². The van der Waals surface area contributed by atoms with Crippen LogP contribution in [-0.4, -0.2) is 72.6 Å². The summed E-state index contributed by atoms with van der Waals surface area (Å²) in [4.78, 5) is 19.5. The van der Waals surface area contributed by atoms with Crippen LogP contribution in [0.2, 0.25) is 5.02 Å². The first kappa shape index (κ1) is 21.7. The lowest BCUT2D eigenvalue weighted by Crippen LogP contribution is -2.46. The van der Waals surface area contributed by atoms with E-state index in [1.807, 2.05) is 12.1 Å². The van der Waals surface area contributed by atoms with Crippen LogP contribution in [-0.2, 0) is 14.3 Å². The monoisotopic (exact) mass is 471 g/mol. The topological polar surface area (TPSA) is 83.9 Å². The third-order valence-electron chi connectivity index (χ3n) is 8.19. The minimum atomic E-state index is -0.390. The van der Waals surface area contributed by atoms with Gasteiger partial charge in [0.05, 0.1) is 32.0 Å². The molecule has 33 heavy (non-hydrogen) atoms. The van der Waals surface area contributed by atoms with E-state index in [-0.39, 0.29) is 23.3 Å². The molecule has 1 spiro atoms. The summed E-state index contributed by atoms with van der Waals surface area (Å²) in [7, 11) is 0. The molecule has 4 fully saturated rings. The number of halogens is 1. The minimum Gasteiger partial charge on any atom is -0.389 e. The molecule has 7 nitrogen and oxygen atoms in total. The van der Waals surface area contributed by atoms with Crippen molar-refractivity contribution in [3.63, 3.8) is 0 Å². The van der Waals surface area contributed by atoms with Crippen LogP contribution < -0.4 is 5.32 Å². The normalized spacial score (nSPS) is 32.6. The quantitative estimate of drug-likeness (QED) is 0.712. The fourth-order valence-electron chi connectivity index (χ4n) is 5.98. The van der Waals surface area contributed by atoms with E-state index >= 15 is 0 Å². The number of nitrogens with one attached hydrogen (secondary N) is 1. The molecule has 8 heteroatoms. The van der Waals surface area contributed by atoms with Gasteiger partial charge in [0.25, 0.3) is 0 Å². The molecule has 0 bridgehead atoms. The highest BCUT2D eigenvalue weighted by Gasteiger charge is 2.59. The summed E-state index contributed by atoms with van der Waals surface area (Å²) in [5.74, 6) is 1.04. The van der Waals surface area contributed by atoms with E-state index in [1.54, 1.807) is 6.20 Å². The molecule has 4 aliphatic rings. The summed E-state index contributed by atoms with van der Waals surface area (Å²) in [6.45, 7) is 4.35. The fraction of sp³-hybridized carbons (Fsp3) is 0.600. The average Bonchev–Trinajstić information content (AvgIpc) is 3.09. The largest absolute Gasteiger partial charge is 0.389 e. The minimum absolute atomic E-state index is 0.0345. The van der Waals surface area contributed by atoms with Gasteiger partial charge in [-0.15, -0.1) is 0 Å². The molecule has 3 saturated heterocycles. The van der Waals surface area contributed by atoms with Gasteiger partial charge in [0.1, 0.15) is 5.82 Å². The Morgan fingerprint density at radius 3 is 2.76 bits per heavy atom. The highest BCUT2D eigenvalue weighted by molar-refractivity contribution is 6.32. The lowest BCUT2D eigenvalue weighted by atomic mass is 9.87. The predicted octanol–water partition coefficient (Wildman–Crippen LogP) is 3.19. The Labute approximate surface area is 198 Å². The second-order valence-electron chi connectivity index (χ2n) is 10.2. The van der Waals surface area contributed by atoms with Crippen LogP contribution >= 0.6 is 11.6 Å². The summed E-state index contributed by atoms with van der Waals surface area (Å²) in [5, 5.41) is 15.9. The van der Waals surface area contributed by atoms with Gasteiger partial charge in [-0.2, -0.15) is 0 Å². The number of ether oxygens (including phenoxy) is 2. The van der Waals surface area contributed by atoms with Crippen LogP contribution in [0.15, 0.2) is 24.4 Å². The van der Waals surface area contributed by atoms with E-state index < -0.39 is 6.10 Å². The Balaban J connectivity index is 1.16.